The molecular formula is C16H19NO7S. The third-order valence-corrected chi connectivity index (χ3v) is 4.32. The Morgan fingerprint density at radius 1 is 1.28 bits per heavy atom. The van der Waals surface area contributed by atoms with Gasteiger partial charge in [-0.2, -0.15) is 8.42 Å². The molecule has 0 aliphatic carbocycles. The van der Waals surface area contributed by atoms with E-state index in [1.807, 2.05) is 0 Å². The number of hydrogen-bond acceptors (Lipinski definition) is 5. The molecule has 8 nitrogen and oxygen atoms in total. The van der Waals surface area contributed by atoms with Gasteiger partial charge < -0.3 is 14.8 Å². The van der Waals surface area contributed by atoms with Gasteiger partial charge in [0.2, 0.25) is 0 Å². The second-order valence-corrected chi connectivity index (χ2v) is 6.96. The molecule has 9 heteroatoms. The number of esters is 1. The Kier molecular flexibility index (Phi) is 5.81. The Morgan fingerprint density at radius 2 is 2.00 bits per heavy atom. The Morgan fingerprint density at radius 3 is 2.60 bits per heavy atom. The number of aliphatic carboxylic acids is 1. The zero-order valence-corrected chi connectivity index (χ0v) is 14.4. The number of ether oxygens (including phenoxy) is 1. The zero-order chi connectivity index (χ0) is 18.6. The first kappa shape index (κ1) is 18.9. The predicted molar refractivity (Wildman–Crippen MR) is 90.1 cm³/mol. The van der Waals surface area contributed by atoms with Gasteiger partial charge in [-0.05, 0) is 37.0 Å². The number of aromatic nitrogens is 1. The number of nitrogens with one attached hydrogen (secondary N) is 1. The Labute approximate surface area is 144 Å². The van der Waals surface area contributed by atoms with E-state index in [1.54, 1.807) is 25.1 Å². The van der Waals surface area contributed by atoms with Crippen LogP contribution in [0.25, 0.3) is 10.9 Å². The van der Waals surface area contributed by atoms with Gasteiger partial charge in [0.25, 0.3) is 10.1 Å². The van der Waals surface area contributed by atoms with Crippen LogP contribution in [0.1, 0.15) is 41.4 Å². The molecule has 0 amide bonds. The lowest BCUT2D eigenvalue weighted by Gasteiger charge is -2.07. The van der Waals surface area contributed by atoms with E-state index in [-0.39, 0.29) is 31.6 Å². The molecule has 0 saturated carbocycles. The van der Waals surface area contributed by atoms with E-state index in [2.05, 4.69) is 4.98 Å². The van der Waals surface area contributed by atoms with Crippen LogP contribution in [-0.2, 0) is 31.8 Å². The van der Waals surface area contributed by atoms with Crippen molar-refractivity contribution in [3.05, 3.63) is 35.0 Å². The fraction of sp³-hybridized carbons (Fsp3) is 0.375. The maximum atomic E-state index is 12.2. The molecule has 0 saturated heterocycles. The number of carbonyl (C=O) groups is 2. The third kappa shape index (κ3) is 4.80. The van der Waals surface area contributed by atoms with Crippen molar-refractivity contribution in [2.24, 2.45) is 0 Å². The highest BCUT2D eigenvalue weighted by molar-refractivity contribution is 7.85. The molecule has 136 valence electrons. The van der Waals surface area contributed by atoms with Gasteiger partial charge in [0, 0.05) is 17.3 Å². The number of fused-ring (bicyclic) bond motifs is 1. The Hall–Kier alpha value is -2.39. The fourth-order valence-corrected chi connectivity index (χ4v) is 3.39. The van der Waals surface area contributed by atoms with E-state index < -0.39 is 27.8 Å². The van der Waals surface area contributed by atoms with Crippen LogP contribution in [-0.4, -0.2) is 41.6 Å². The summed E-state index contributed by atoms with van der Waals surface area (Å²) in [6, 6.07) is 4.82. The van der Waals surface area contributed by atoms with Crippen molar-refractivity contribution >= 4 is 33.0 Å². The largest absolute Gasteiger partial charge is 0.481 e. The first-order valence-corrected chi connectivity index (χ1v) is 9.30. The molecule has 0 spiro atoms. The minimum atomic E-state index is -4.26. The Balaban J connectivity index is 2.57. The van der Waals surface area contributed by atoms with Crippen molar-refractivity contribution < 1.29 is 32.4 Å². The van der Waals surface area contributed by atoms with Crippen molar-refractivity contribution in [3.63, 3.8) is 0 Å². The highest BCUT2D eigenvalue weighted by atomic mass is 32.2. The molecule has 0 bridgehead atoms. The minimum absolute atomic E-state index is 0.0879. The van der Waals surface area contributed by atoms with Crippen LogP contribution in [0, 0.1) is 0 Å². The molecule has 2 aromatic rings. The maximum absolute atomic E-state index is 12.2. The highest BCUT2D eigenvalue weighted by Gasteiger charge is 2.22. The molecule has 0 radical (unpaired) electrons. The molecule has 3 N–H and O–H groups in total. The number of carbonyl (C=O) groups excluding carboxylic acids is 1. The van der Waals surface area contributed by atoms with E-state index in [0.29, 0.717) is 22.0 Å². The molecule has 1 heterocycles. The third-order valence-electron chi connectivity index (χ3n) is 3.65. The van der Waals surface area contributed by atoms with Gasteiger partial charge in [-0.25, -0.2) is 4.79 Å². The van der Waals surface area contributed by atoms with Gasteiger partial charge in [-0.3, -0.25) is 9.35 Å². The average Bonchev–Trinajstić information content (AvgIpc) is 2.86. The fourth-order valence-electron chi connectivity index (χ4n) is 2.76. The van der Waals surface area contributed by atoms with Crippen molar-refractivity contribution in [1.29, 1.82) is 0 Å². The van der Waals surface area contributed by atoms with Crippen LogP contribution < -0.4 is 0 Å². The molecule has 0 aliphatic heterocycles. The molecule has 25 heavy (non-hydrogen) atoms. The summed E-state index contributed by atoms with van der Waals surface area (Å²) in [5, 5.41) is 9.31. The number of benzene rings is 1. The van der Waals surface area contributed by atoms with Gasteiger partial charge in [-0.15, -0.1) is 0 Å². The summed E-state index contributed by atoms with van der Waals surface area (Å²) in [7, 11) is -4.26. The summed E-state index contributed by atoms with van der Waals surface area (Å²) in [4.78, 5) is 25.9. The standard InChI is InChI=1S/C16H19NO7S/c1-2-24-16(20)15-11(6-4-8-13(18)19)14-10(9-25(21,22)23)5-3-7-12(14)17-15/h3,5,7,17H,2,4,6,8-9H2,1H3,(H,18,19)(H,21,22,23). The smallest absolute Gasteiger partial charge is 0.355 e. The van der Waals surface area contributed by atoms with E-state index in [0.717, 1.165) is 0 Å². The van der Waals surface area contributed by atoms with Crippen LogP contribution in [0.15, 0.2) is 18.2 Å². The predicted octanol–water partition coefficient (Wildman–Crippen LogP) is 2.14. The summed E-state index contributed by atoms with van der Waals surface area (Å²) in [5.41, 5.74) is 1.52. The molecule has 1 aromatic carbocycles. The van der Waals surface area contributed by atoms with Gasteiger partial charge in [-0.1, -0.05) is 12.1 Å². The lowest BCUT2D eigenvalue weighted by atomic mass is 10.0. The lowest BCUT2D eigenvalue weighted by Crippen LogP contribution is -2.09. The second-order valence-electron chi connectivity index (χ2n) is 5.51. The van der Waals surface area contributed by atoms with Gasteiger partial charge in [0.15, 0.2) is 0 Å². The highest BCUT2D eigenvalue weighted by Crippen LogP contribution is 2.29. The summed E-state index contributed by atoms with van der Waals surface area (Å²) >= 11 is 0. The van der Waals surface area contributed by atoms with Gasteiger partial charge >= 0.3 is 11.9 Å². The number of H-pyrrole nitrogens is 1. The molecule has 1 aromatic heterocycles. The van der Waals surface area contributed by atoms with Crippen molar-refractivity contribution in [2.75, 3.05) is 6.61 Å². The molecule has 0 atom stereocenters. The van der Waals surface area contributed by atoms with E-state index in [1.165, 1.54) is 0 Å². The molecule has 0 unspecified atom stereocenters. The first-order valence-electron chi connectivity index (χ1n) is 7.69. The minimum Gasteiger partial charge on any atom is -0.481 e. The summed E-state index contributed by atoms with van der Waals surface area (Å²) in [6.45, 7) is 1.83. The number of aromatic amines is 1. The van der Waals surface area contributed by atoms with Gasteiger partial charge in [0.1, 0.15) is 11.4 Å². The van der Waals surface area contributed by atoms with Crippen LogP contribution in [0.4, 0.5) is 0 Å². The second kappa shape index (κ2) is 7.66. The summed E-state index contributed by atoms with van der Waals surface area (Å²) in [6.07, 6.45) is 0.438. The first-order chi connectivity index (χ1) is 11.7. The van der Waals surface area contributed by atoms with Crippen LogP contribution >= 0.6 is 0 Å². The topological polar surface area (TPSA) is 134 Å². The van der Waals surface area contributed by atoms with Crippen molar-refractivity contribution in [3.8, 4) is 0 Å². The number of aryl methyl sites for hydroxylation is 1. The number of carboxylic acid groups (broad SMARTS) is 1. The van der Waals surface area contributed by atoms with Crippen LogP contribution in [0.2, 0.25) is 0 Å². The van der Waals surface area contributed by atoms with Crippen molar-refractivity contribution in [2.45, 2.75) is 31.9 Å². The quantitative estimate of drug-likeness (QED) is 0.479. The zero-order valence-electron chi connectivity index (χ0n) is 13.6. The summed E-state index contributed by atoms with van der Waals surface area (Å²) < 4.78 is 36.7. The average molecular weight is 369 g/mol. The number of rotatable bonds is 8. The van der Waals surface area contributed by atoms with Crippen LogP contribution in [0.3, 0.4) is 0 Å². The molecule has 0 fully saturated rings. The number of hydrogen-bond donors (Lipinski definition) is 3. The maximum Gasteiger partial charge on any atom is 0.355 e. The van der Waals surface area contributed by atoms with Crippen LogP contribution in [0.5, 0.6) is 0 Å². The normalized spacial score (nSPS) is 11.6. The van der Waals surface area contributed by atoms with E-state index in [4.69, 9.17) is 14.4 Å². The monoisotopic (exact) mass is 369 g/mol. The summed E-state index contributed by atoms with van der Waals surface area (Å²) in [5.74, 6) is -2.16. The van der Waals surface area contributed by atoms with Gasteiger partial charge in [0.05, 0.1) is 6.61 Å². The number of carboxylic acids is 1. The van der Waals surface area contributed by atoms with E-state index in [9.17, 15) is 18.0 Å². The SMILES string of the molecule is CCOC(=O)c1[nH]c2cccc(CS(=O)(=O)O)c2c1CCCC(=O)O. The van der Waals surface area contributed by atoms with Crippen molar-refractivity contribution in [1.82, 2.24) is 4.98 Å². The molecule has 0 aliphatic rings. The lowest BCUT2D eigenvalue weighted by molar-refractivity contribution is -0.137. The Bertz CT molecular complexity index is 899. The molecular weight excluding hydrogens is 350 g/mol. The molecule has 2 rings (SSSR count). The van der Waals surface area contributed by atoms with E-state index >= 15 is 0 Å².